The molecule has 0 spiro atoms. The SMILES string of the molecule is CC[C@@H](C#N)[C@H](NC(C)=O)SC(C)(C)C. The molecule has 0 unspecified atom stereocenters. The first-order valence-corrected chi connectivity index (χ1v) is 6.02. The van der Waals surface area contributed by atoms with Gasteiger partial charge in [-0.05, 0) is 6.42 Å². The van der Waals surface area contributed by atoms with Crippen molar-refractivity contribution in [2.45, 2.75) is 51.2 Å². The zero-order valence-corrected chi connectivity index (χ0v) is 10.9. The van der Waals surface area contributed by atoms with Crippen molar-refractivity contribution in [3.63, 3.8) is 0 Å². The molecule has 86 valence electrons. The maximum atomic E-state index is 11.0. The third kappa shape index (κ3) is 6.40. The first-order chi connectivity index (χ1) is 6.80. The zero-order chi connectivity index (χ0) is 12.1. The van der Waals surface area contributed by atoms with Crippen molar-refractivity contribution in [3.8, 4) is 6.07 Å². The summed E-state index contributed by atoms with van der Waals surface area (Å²) in [5.74, 6) is -0.205. The summed E-state index contributed by atoms with van der Waals surface area (Å²) in [6.45, 7) is 9.69. The Hall–Kier alpha value is -0.690. The summed E-state index contributed by atoms with van der Waals surface area (Å²) in [5, 5.41) is 11.7. The molecule has 4 heteroatoms. The van der Waals surface area contributed by atoms with Crippen molar-refractivity contribution in [3.05, 3.63) is 0 Å². The van der Waals surface area contributed by atoms with Gasteiger partial charge in [0.2, 0.25) is 5.91 Å². The van der Waals surface area contributed by atoms with Gasteiger partial charge >= 0.3 is 0 Å². The van der Waals surface area contributed by atoms with Crippen LogP contribution in [0.1, 0.15) is 41.0 Å². The molecule has 3 nitrogen and oxygen atoms in total. The highest BCUT2D eigenvalue weighted by Gasteiger charge is 2.26. The van der Waals surface area contributed by atoms with E-state index in [9.17, 15) is 4.79 Å². The average molecular weight is 228 g/mol. The molecule has 0 saturated heterocycles. The molecule has 15 heavy (non-hydrogen) atoms. The van der Waals surface area contributed by atoms with Crippen molar-refractivity contribution in [1.29, 1.82) is 5.26 Å². The number of rotatable bonds is 4. The van der Waals surface area contributed by atoms with E-state index >= 15 is 0 Å². The summed E-state index contributed by atoms with van der Waals surface area (Å²) in [5.41, 5.74) is 0. The van der Waals surface area contributed by atoms with Gasteiger partial charge < -0.3 is 5.32 Å². The monoisotopic (exact) mass is 228 g/mol. The van der Waals surface area contributed by atoms with E-state index in [-0.39, 0.29) is 21.9 Å². The topological polar surface area (TPSA) is 52.9 Å². The van der Waals surface area contributed by atoms with Gasteiger partial charge in [-0.1, -0.05) is 27.7 Å². The highest BCUT2D eigenvalue weighted by atomic mass is 32.2. The zero-order valence-electron chi connectivity index (χ0n) is 10.1. The number of amides is 1. The first kappa shape index (κ1) is 14.3. The van der Waals surface area contributed by atoms with Gasteiger partial charge in [0.1, 0.15) is 0 Å². The van der Waals surface area contributed by atoms with Crippen LogP contribution in [-0.2, 0) is 4.79 Å². The van der Waals surface area contributed by atoms with Crippen LogP contribution in [0, 0.1) is 17.2 Å². The van der Waals surface area contributed by atoms with Crippen LogP contribution in [0.5, 0.6) is 0 Å². The van der Waals surface area contributed by atoms with Crippen LogP contribution in [0.4, 0.5) is 0 Å². The van der Waals surface area contributed by atoms with Crippen LogP contribution < -0.4 is 5.32 Å². The Morgan fingerprint density at radius 3 is 2.33 bits per heavy atom. The second-order valence-corrected chi connectivity index (χ2v) is 6.46. The van der Waals surface area contributed by atoms with E-state index in [1.165, 1.54) is 6.92 Å². The predicted octanol–water partition coefficient (Wildman–Crippen LogP) is 2.53. The van der Waals surface area contributed by atoms with E-state index in [4.69, 9.17) is 5.26 Å². The summed E-state index contributed by atoms with van der Waals surface area (Å²) in [7, 11) is 0. The lowest BCUT2D eigenvalue weighted by Crippen LogP contribution is -2.38. The fourth-order valence-corrected chi connectivity index (χ4v) is 2.57. The third-order valence-electron chi connectivity index (χ3n) is 1.80. The standard InChI is InChI=1S/C11H20N2OS/c1-6-9(7-12)10(13-8(2)14)15-11(3,4)5/h9-10H,6H2,1-5H3,(H,13,14)/t9-,10+/m0/s1. The van der Waals surface area contributed by atoms with Crippen molar-refractivity contribution in [2.24, 2.45) is 5.92 Å². The lowest BCUT2D eigenvalue weighted by Gasteiger charge is -2.28. The van der Waals surface area contributed by atoms with Crippen molar-refractivity contribution >= 4 is 17.7 Å². The number of carbonyl (C=O) groups is 1. The number of nitrogens with one attached hydrogen (secondary N) is 1. The molecule has 0 aromatic heterocycles. The van der Waals surface area contributed by atoms with Crippen molar-refractivity contribution < 1.29 is 4.79 Å². The number of carbonyl (C=O) groups excluding carboxylic acids is 1. The maximum Gasteiger partial charge on any atom is 0.217 e. The van der Waals surface area contributed by atoms with Gasteiger partial charge in [0, 0.05) is 11.7 Å². The lowest BCUT2D eigenvalue weighted by atomic mass is 10.1. The number of nitriles is 1. The van der Waals surface area contributed by atoms with Crippen LogP contribution in [0.15, 0.2) is 0 Å². The molecule has 0 radical (unpaired) electrons. The molecule has 0 aromatic carbocycles. The van der Waals surface area contributed by atoms with Crippen LogP contribution in [0.25, 0.3) is 0 Å². The van der Waals surface area contributed by atoms with Gasteiger partial charge in [-0.25, -0.2) is 0 Å². The predicted molar refractivity (Wildman–Crippen MR) is 64.3 cm³/mol. The van der Waals surface area contributed by atoms with E-state index in [0.717, 1.165) is 6.42 Å². The van der Waals surface area contributed by atoms with Crippen LogP contribution >= 0.6 is 11.8 Å². The Morgan fingerprint density at radius 1 is 1.53 bits per heavy atom. The fourth-order valence-electron chi connectivity index (χ4n) is 1.17. The normalized spacial score (nSPS) is 15.2. The quantitative estimate of drug-likeness (QED) is 0.752. The Morgan fingerprint density at radius 2 is 2.07 bits per heavy atom. The molecule has 0 fully saturated rings. The maximum absolute atomic E-state index is 11.0. The van der Waals surface area contributed by atoms with E-state index < -0.39 is 0 Å². The summed E-state index contributed by atoms with van der Waals surface area (Å²) in [4.78, 5) is 11.0. The minimum Gasteiger partial charge on any atom is -0.343 e. The van der Waals surface area contributed by atoms with Crippen molar-refractivity contribution in [1.82, 2.24) is 5.32 Å². The number of hydrogen-bond donors (Lipinski definition) is 1. The summed E-state index contributed by atoms with van der Waals surface area (Å²) in [6, 6.07) is 2.24. The summed E-state index contributed by atoms with van der Waals surface area (Å²) in [6.07, 6.45) is 0.754. The molecular weight excluding hydrogens is 208 g/mol. The molecule has 0 aliphatic rings. The summed E-state index contributed by atoms with van der Waals surface area (Å²) < 4.78 is 0.0391. The van der Waals surface area contributed by atoms with E-state index in [1.54, 1.807) is 11.8 Å². The number of thioether (sulfide) groups is 1. The van der Waals surface area contributed by atoms with Gasteiger partial charge in [0.15, 0.2) is 0 Å². The lowest BCUT2D eigenvalue weighted by molar-refractivity contribution is -0.119. The summed E-state index contributed by atoms with van der Waals surface area (Å²) >= 11 is 1.63. The van der Waals surface area contributed by atoms with E-state index in [2.05, 4.69) is 32.2 Å². The van der Waals surface area contributed by atoms with Crippen molar-refractivity contribution in [2.75, 3.05) is 0 Å². The Balaban J connectivity index is 4.58. The average Bonchev–Trinajstić information content (AvgIpc) is 2.01. The minimum atomic E-state index is -0.127. The molecule has 2 atom stereocenters. The van der Waals surface area contributed by atoms with Gasteiger partial charge in [-0.2, -0.15) is 5.26 Å². The fraction of sp³-hybridized carbons (Fsp3) is 0.818. The number of hydrogen-bond acceptors (Lipinski definition) is 3. The molecule has 0 rings (SSSR count). The molecule has 0 bridgehead atoms. The van der Waals surface area contributed by atoms with Crippen LogP contribution in [0.3, 0.4) is 0 Å². The highest BCUT2D eigenvalue weighted by molar-refractivity contribution is 8.01. The van der Waals surface area contributed by atoms with E-state index in [1.807, 2.05) is 6.92 Å². The van der Waals surface area contributed by atoms with Gasteiger partial charge in [-0.15, -0.1) is 11.8 Å². The van der Waals surface area contributed by atoms with Crippen LogP contribution in [-0.4, -0.2) is 16.0 Å². The molecule has 0 aliphatic carbocycles. The minimum absolute atomic E-state index is 0.0391. The second kappa shape index (κ2) is 6.02. The molecule has 0 heterocycles. The molecule has 0 aliphatic heterocycles. The van der Waals surface area contributed by atoms with Gasteiger partial charge in [-0.3, -0.25) is 4.79 Å². The second-order valence-electron chi connectivity index (χ2n) is 4.50. The first-order valence-electron chi connectivity index (χ1n) is 5.14. The molecule has 0 saturated carbocycles. The number of nitrogens with zero attached hydrogens (tertiary/aromatic N) is 1. The van der Waals surface area contributed by atoms with E-state index in [0.29, 0.717) is 0 Å². The molecule has 1 amide bonds. The van der Waals surface area contributed by atoms with Crippen LogP contribution in [0.2, 0.25) is 0 Å². The smallest absolute Gasteiger partial charge is 0.217 e. The Labute approximate surface area is 96.6 Å². The Bertz CT molecular complexity index is 252. The Kier molecular flexibility index (Phi) is 5.74. The van der Waals surface area contributed by atoms with Gasteiger partial charge in [0.05, 0.1) is 17.4 Å². The molecule has 1 N–H and O–H groups in total. The third-order valence-corrected chi connectivity index (χ3v) is 3.20. The van der Waals surface area contributed by atoms with Gasteiger partial charge in [0.25, 0.3) is 0 Å². The largest absolute Gasteiger partial charge is 0.343 e. The molecule has 0 aromatic rings. The molecular formula is C11H20N2OS. The highest BCUT2D eigenvalue weighted by Crippen LogP contribution is 2.31.